The number of benzene rings is 2. The van der Waals surface area contributed by atoms with Gasteiger partial charge in [0.2, 0.25) is 5.91 Å². The van der Waals surface area contributed by atoms with Gasteiger partial charge in [-0.25, -0.2) is 0 Å². The fourth-order valence-corrected chi connectivity index (χ4v) is 4.17. The second kappa shape index (κ2) is 10.6. The van der Waals surface area contributed by atoms with Gasteiger partial charge in [-0.3, -0.25) is 9.69 Å². The molecule has 0 unspecified atom stereocenters. The number of para-hydroxylation sites is 1. The lowest BCUT2D eigenvalue weighted by molar-refractivity contribution is -0.121. The average molecular weight is 448 g/mol. The van der Waals surface area contributed by atoms with Crippen molar-refractivity contribution in [3.63, 3.8) is 0 Å². The molecule has 1 atom stereocenters. The van der Waals surface area contributed by atoms with Crippen LogP contribution in [0, 0.1) is 5.92 Å². The maximum atomic E-state index is 12.1. The van der Waals surface area contributed by atoms with Crippen LogP contribution in [-0.2, 0) is 24.3 Å². The van der Waals surface area contributed by atoms with Crippen LogP contribution < -0.4 is 10.1 Å². The molecule has 1 N–H and O–H groups in total. The zero-order valence-corrected chi connectivity index (χ0v) is 19.7. The average Bonchev–Trinajstić information content (AvgIpc) is 3.11. The maximum Gasteiger partial charge on any atom is 0.220 e. The number of carbonyl (C=O) groups is 1. The zero-order chi connectivity index (χ0) is 23.2. The van der Waals surface area contributed by atoms with E-state index in [4.69, 9.17) is 4.74 Å². The summed E-state index contributed by atoms with van der Waals surface area (Å²) in [4.78, 5) is 14.5. The van der Waals surface area contributed by atoms with E-state index in [0.29, 0.717) is 6.42 Å². The Morgan fingerprint density at radius 2 is 1.82 bits per heavy atom. The van der Waals surface area contributed by atoms with Crippen LogP contribution in [0.3, 0.4) is 0 Å². The van der Waals surface area contributed by atoms with Crippen LogP contribution in [0.5, 0.6) is 11.5 Å². The second-order valence-electron chi connectivity index (χ2n) is 8.86. The summed E-state index contributed by atoms with van der Waals surface area (Å²) in [5, 5.41) is 12.1. The van der Waals surface area contributed by atoms with E-state index in [1.807, 2.05) is 49.4 Å². The molecule has 1 aromatic heterocycles. The highest BCUT2D eigenvalue weighted by molar-refractivity contribution is 5.75. The number of hydrogen-bond acceptors (Lipinski definition) is 5. The third-order valence-corrected chi connectivity index (χ3v) is 6.01. The van der Waals surface area contributed by atoms with Crippen molar-refractivity contribution in [2.24, 2.45) is 5.92 Å². The van der Waals surface area contributed by atoms with Crippen molar-refractivity contribution < 1.29 is 9.53 Å². The Kier molecular flexibility index (Phi) is 7.40. The van der Waals surface area contributed by atoms with E-state index in [0.717, 1.165) is 55.7 Å². The number of fused-ring (bicyclic) bond motifs is 1. The molecule has 1 aliphatic rings. The standard InChI is InChI=1S/C26H33N5O2/c1-4-24(32)27-25(19(2)3)26-29-28-23-13-14-30(15-16-31(23)26)18-20-9-8-12-22(17-20)33-21-10-6-5-7-11-21/h5-12,17,19,25H,4,13-16,18H2,1-3H3,(H,27,32)/t25-/m0/s1. The van der Waals surface area contributed by atoms with Gasteiger partial charge in [-0.05, 0) is 35.7 Å². The zero-order valence-electron chi connectivity index (χ0n) is 19.7. The third-order valence-electron chi connectivity index (χ3n) is 6.01. The van der Waals surface area contributed by atoms with Gasteiger partial charge in [-0.1, -0.05) is 51.1 Å². The summed E-state index contributed by atoms with van der Waals surface area (Å²) >= 11 is 0. The van der Waals surface area contributed by atoms with Gasteiger partial charge in [0.1, 0.15) is 17.3 Å². The van der Waals surface area contributed by atoms with Crippen LogP contribution in [0.2, 0.25) is 0 Å². The molecule has 0 radical (unpaired) electrons. The second-order valence-corrected chi connectivity index (χ2v) is 8.86. The number of nitrogens with zero attached hydrogens (tertiary/aromatic N) is 4. The van der Waals surface area contributed by atoms with Crippen molar-refractivity contribution in [1.82, 2.24) is 25.0 Å². The van der Waals surface area contributed by atoms with Crippen molar-refractivity contribution in [2.75, 3.05) is 13.1 Å². The van der Waals surface area contributed by atoms with E-state index in [-0.39, 0.29) is 17.9 Å². The Bertz CT molecular complexity index is 1060. The van der Waals surface area contributed by atoms with Crippen LogP contribution in [-0.4, -0.2) is 38.7 Å². The van der Waals surface area contributed by atoms with Crippen molar-refractivity contribution in [2.45, 2.75) is 52.7 Å². The first-order valence-corrected chi connectivity index (χ1v) is 11.8. The van der Waals surface area contributed by atoms with Gasteiger partial charge in [0.25, 0.3) is 0 Å². The molecule has 174 valence electrons. The third kappa shape index (κ3) is 5.79. The molecule has 3 aromatic rings. The number of amides is 1. The lowest BCUT2D eigenvalue weighted by atomic mass is 10.0. The smallest absolute Gasteiger partial charge is 0.220 e. The molecule has 2 heterocycles. The van der Waals surface area contributed by atoms with Crippen LogP contribution in [0.15, 0.2) is 54.6 Å². The molecule has 1 aliphatic heterocycles. The van der Waals surface area contributed by atoms with E-state index in [1.54, 1.807) is 0 Å². The van der Waals surface area contributed by atoms with Crippen LogP contribution in [0.1, 0.15) is 50.4 Å². The van der Waals surface area contributed by atoms with Gasteiger partial charge in [-0.2, -0.15) is 0 Å². The van der Waals surface area contributed by atoms with E-state index < -0.39 is 0 Å². The summed E-state index contributed by atoms with van der Waals surface area (Å²) in [6, 6.07) is 18.0. The van der Waals surface area contributed by atoms with E-state index in [1.165, 1.54) is 5.56 Å². The van der Waals surface area contributed by atoms with Crippen LogP contribution in [0.4, 0.5) is 0 Å². The topological polar surface area (TPSA) is 72.3 Å². The molecular weight excluding hydrogens is 414 g/mol. The molecule has 4 rings (SSSR count). The summed E-state index contributed by atoms with van der Waals surface area (Å²) in [7, 11) is 0. The Labute approximate surface area is 195 Å². The Hall–Kier alpha value is -3.19. The summed E-state index contributed by atoms with van der Waals surface area (Å²) in [5.41, 5.74) is 1.22. The lowest BCUT2D eigenvalue weighted by Gasteiger charge is -2.23. The van der Waals surface area contributed by atoms with Crippen molar-refractivity contribution >= 4 is 5.91 Å². The van der Waals surface area contributed by atoms with Gasteiger partial charge < -0.3 is 14.6 Å². The number of carbonyl (C=O) groups excluding carboxylic acids is 1. The Morgan fingerprint density at radius 3 is 2.58 bits per heavy atom. The fraction of sp³-hybridized carbons (Fsp3) is 0.423. The molecule has 2 aromatic carbocycles. The molecule has 1 amide bonds. The maximum absolute atomic E-state index is 12.1. The quantitative estimate of drug-likeness (QED) is 0.556. The minimum absolute atomic E-state index is 0.0406. The number of nitrogens with one attached hydrogen (secondary N) is 1. The largest absolute Gasteiger partial charge is 0.457 e. The van der Waals surface area contributed by atoms with Gasteiger partial charge in [-0.15, -0.1) is 10.2 Å². The molecule has 33 heavy (non-hydrogen) atoms. The Morgan fingerprint density at radius 1 is 1.03 bits per heavy atom. The predicted molar refractivity (Wildman–Crippen MR) is 128 cm³/mol. The van der Waals surface area contributed by atoms with E-state index >= 15 is 0 Å². The normalized spacial score (nSPS) is 15.0. The summed E-state index contributed by atoms with van der Waals surface area (Å²) in [5.74, 6) is 3.82. The van der Waals surface area contributed by atoms with Crippen LogP contribution in [0.25, 0.3) is 0 Å². The van der Waals surface area contributed by atoms with E-state index in [9.17, 15) is 4.79 Å². The number of hydrogen-bond donors (Lipinski definition) is 1. The van der Waals surface area contributed by atoms with Gasteiger partial charge >= 0.3 is 0 Å². The SMILES string of the molecule is CCC(=O)N[C@H](c1nnc2n1CCN(Cc1cccc(Oc3ccccc3)c1)CC2)C(C)C. The highest BCUT2D eigenvalue weighted by Crippen LogP contribution is 2.25. The molecule has 0 aliphatic carbocycles. The van der Waals surface area contributed by atoms with Crippen molar-refractivity contribution in [3.05, 3.63) is 71.8 Å². The number of ether oxygens (including phenoxy) is 1. The molecule has 0 saturated carbocycles. The van der Waals surface area contributed by atoms with Crippen molar-refractivity contribution in [3.8, 4) is 11.5 Å². The number of rotatable bonds is 8. The molecule has 0 spiro atoms. The predicted octanol–water partition coefficient (Wildman–Crippen LogP) is 4.35. The summed E-state index contributed by atoms with van der Waals surface area (Å²) in [6.07, 6.45) is 1.30. The highest BCUT2D eigenvalue weighted by atomic mass is 16.5. The van der Waals surface area contributed by atoms with Gasteiger partial charge in [0, 0.05) is 39.0 Å². The molecule has 7 heteroatoms. The minimum Gasteiger partial charge on any atom is -0.457 e. The molecular formula is C26H33N5O2. The first-order chi connectivity index (χ1) is 16.0. The molecule has 0 bridgehead atoms. The first kappa shape index (κ1) is 23.0. The Balaban J connectivity index is 1.43. The first-order valence-electron chi connectivity index (χ1n) is 11.8. The van der Waals surface area contributed by atoms with Gasteiger partial charge in [0.15, 0.2) is 5.82 Å². The summed E-state index contributed by atoms with van der Waals surface area (Å²) < 4.78 is 8.21. The van der Waals surface area contributed by atoms with Crippen LogP contribution >= 0.6 is 0 Å². The lowest BCUT2D eigenvalue weighted by Crippen LogP contribution is -2.34. The molecule has 0 saturated heterocycles. The highest BCUT2D eigenvalue weighted by Gasteiger charge is 2.27. The minimum atomic E-state index is -0.128. The molecule has 0 fully saturated rings. The molecule has 7 nitrogen and oxygen atoms in total. The monoisotopic (exact) mass is 447 g/mol. The fourth-order valence-electron chi connectivity index (χ4n) is 4.17. The number of aromatic nitrogens is 3. The van der Waals surface area contributed by atoms with E-state index in [2.05, 4.69) is 51.0 Å². The van der Waals surface area contributed by atoms with Gasteiger partial charge in [0.05, 0.1) is 6.04 Å². The van der Waals surface area contributed by atoms with Crippen molar-refractivity contribution in [1.29, 1.82) is 0 Å². The summed E-state index contributed by atoms with van der Waals surface area (Å²) in [6.45, 7) is 9.55.